The van der Waals surface area contributed by atoms with Crippen LogP contribution in [0.15, 0.2) is 53.4 Å². The lowest BCUT2D eigenvalue weighted by Gasteiger charge is -2.31. The summed E-state index contributed by atoms with van der Waals surface area (Å²) >= 11 is 7.43. The predicted molar refractivity (Wildman–Crippen MR) is 121 cm³/mol. The average Bonchev–Trinajstić information content (AvgIpc) is 3.23. The minimum absolute atomic E-state index is 0.0754. The highest BCUT2D eigenvalue weighted by Crippen LogP contribution is 2.29. The Balaban J connectivity index is 1.54. The standard InChI is InChI=1S/C20H20ClN5O3S2/c1-25-9-11-26(12-10-25)31(28,29)17-13-15(7-8-16(17)21)18(27)22-20-24-23-19(30-20)14-5-3-2-4-6-14/h2-8,13H,9-12H2,1H3,(H,22,24,27). The molecule has 1 saturated heterocycles. The summed E-state index contributed by atoms with van der Waals surface area (Å²) in [6, 6.07) is 13.7. The highest BCUT2D eigenvalue weighted by molar-refractivity contribution is 7.89. The summed E-state index contributed by atoms with van der Waals surface area (Å²) in [4.78, 5) is 14.7. The molecular weight excluding hydrogens is 458 g/mol. The molecule has 0 bridgehead atoms. The van der Waals surface area contributed by atoms with E-state index in [4.69, 9.17) is 11.6 Å². The van der Waals surface area contributed by atoms with E-state index in [1.165, 1.54) is 33.8 Å². The summed E-state index contributed by atoms with van der Waals surface area (Å²) in [6.07, 6.45) is 0. The Kier molecular flexibility index (Phi) is 6.35. The minimum Gasteiger partial charge on any atom is -0.304 e. The SMILES string of the molecule is CN1CCN(S(=O)(=O)c2cc(C(=O)Nc3nnc(-c4ccccc4)s3)ccc2Cl)CC1. The summed E-state index contributed by atoms with van der Waals surface area (Å²) < 4.78 is 27.6. The van der Waals surface area contributed by atoms with Crippen molar-refractivity contribution in [1.29, 1.82) is 0 Å². The number of nitrogens with zero attached hydrogens (tertiary/aromatic N) is 4. The third-order valence-electron chi connectivity index (χ3n) is 4.94. The lowest BCUT2D eigenvalue weighted by molar-refractivity contribution is 0.102. The molecule has 31 heavy (non-hydrogen) atoms. The molecule has 2 heterocycles. The Labute approximate surface area is 189 Å². The van der Waals surface area contributed by atoms with E-state index in [2.05, 4.69) is 20.4 Å². The third-order valence-corrected chi connectivity index (χ3v) is 8.21. The lowest BCUT2D eigenvalue weighted by Crippen LogP contribution is -2.47. The molecule has 0 spiro atoms. The molecule has 0 aliphatic carbocycles. The van der Waals surface area contributed by atoms with Crippen LogP contribution in [0.25, 0.3) is 10.6 Å². The highest BCUT2D eigenvalue weighted by Gasteiger charge is 2.30. The van der Waals surface area contributed by atoms with Gasteiger partial charge in [0.2, 0.25) is 15.2 Å². The number of nitrogens with one attached hydrogen (secondary N) is 1. The van der Waals surface area contributed by atoms with Gasteiger partial charge in [0.05, 0.1) is 5.02 Å². The lowest BCUT2D eigenvalue weighted by atomic mass is 10.2. The van der Waals surface area contributed by atoms with Gasteiger partial charge in [-0.15, -0.1) is 10.2 Å². The maximum Gasteiger partial charge on any atom is 0.257 e. The van der Waals surface area contributed by atoms with Crippen molar-refractivity contribution in [3.05, 3.63) is 59.1 Å². The second-order valence-electron chi connectivity index (χ2n) is 7.09. The fourth-order valence-electron chi connectivity index (χ4n) is 3.15. The fourth-order valence-corrected chi connectivity index (χ4v) is 5.82. The van der Waals surface area contributed by atoms with Crippen molar-refractivity contribution in [2.24, 2.45) is 0 Å². The van der Waals surface area contributed by atoms with Crippen LogP contribution >= 0.6 is 22.9 Å². The van der Waals surface area contributed by atoms with Gasteiger partial charge in [-0.05, 0) is 25.2 Å². The normalized spacial score (nSPS) is 15.7. The van der Waals surface area contributed by atoms with Crippen molar-refractivity contribution in [3.63, 3.8) is 0 Å². The van der Waals surface area contributed by atoms with E-state index in [9.17, 15) is 13.2 Å². The summed E-state index contributed by atoms with van der Waals surface area (Å²) in [5.41, 5.74) is 1.07. The van der Waals surface area contributed by atoms with E-state index < -0.39 is 15.9 Å². The summed E-state index contributed by atoms with van der Waals surface area (Å²) in [6.45, 7) is 2.02. The second-order valence-corrected chi connectivity index (χ2v) is 10.4. The maximum absolute atomic E-state index is 13.1. The Morgan fingerprint density at radius 3 is 2.48 bits per heavy atom. The molecular formula is C20H20ClN5O3S2. The average molecular weight is 478 g/mol. The number of rotatable bonds is 5. The van der Waals surface area contributed by atoms with Crippen LogP contribution in [0.2, 0.25) is 5.02 Å². The highest BCUT2D eigenvalue weighted by atomic mass is 35.5. The van der Waals surface area contributed by atoms with Crippen molar-refractivity contribution < 1.29 is 13.2 Å². The van der Waals surface area contributed by atoms with E-state index in [1.807, 2.05) is 37.4 Å². The second kappa shape index (κ2) is 9.01. The van der Waals surface area contributed by atoms with Gasteiger partial charge in [0.15, 0.2) is 0 Å². The number of aromatic nitrogens is 2. The number of piperazine rings is 1. The van der Waals surface area contributed by atoms with Gasteiger partial charge in [-0.25, -0.2) is 8.42 Å². The Morgan fingerprint density at radius 2 is 1.77 bits per heavy atom. The number of hydrogen-bond acceptors (Lipinski definition) is 7. The summed E-state index contributed by atoms with van der Waals surface area (Å²) in [5, 5.41) is 11.9. The first-order valence-electron chi connectivity index (χ1n) is 9.53. The van der Waals surface area contributed by atoms with E-state index in [-0.39, 0.29) is 15.5 Å². The third kappa shape index (κ3) is 4.78. The molecule has 0 radical (unpaired) electrons. The zero-order valence-corrected chi connectivity index (χ0v) is 19.0. The van der Waals surface area contributed by atoms with Crippen LogP contribution in [-0.4, -0.2) is 67.0 Å². The van der Waals surface area contributed by atoms with E-state index in [1.54, 1.807) is 0 Å². The molecule has 1 fully saturated rings. The van der Waals surface area contributed by atoms with Crippen molar-refractivity contribution >= 4 is 44.0 Å². The Hall–Kier alpha value is -2.37. The number of carbonyl (C=O) groups is 1. The molecule has 2 aromatic carbocycles. The van der Waals surface area contributed by atoms with Crippen LogP contribution in [0.4, 0.5) is 5.13 Å². The van der Waals surface area contributed by atoms with Crippen LogP contribution in [0.5, 0.6) is 0 Å². The zero-order chi connectivity index (χ0) is 22.0. The van der Waals surface area contributed by atoms with Crippen molar-refractivity contribution in [2.45, 2.75) is 4.90 Å². The number of benzene rings is 2. The van der Waals surface area contributed by atoms with Crippen molar-refractivity contribution in [3.8, 4) is 10.6 Å². The smallest absolute Gasteiger partial charge is 0.257 e. The topological polar surface area (TPSA) is 95.5 Å². The molecule has 1 aromatic heterocycles. The van der Waals surface area contributed by atoms with E-state index in [0.717, 1.165) is 5.56 Å². The number of carbonyl (C=O) groups excluding carboxylic acids is 1. The maximum atomic E-state index is 13.1. The van der Waals surface area contributed by atoms with Gasteiger partial charge in [-0.2, -0.15) is 4.31 Å². The summed E-state index contributed by atoms with van der Waals surface area (Å²) in [5.74, 6) is -0.484. The van der Waals surface area contributed by atoms with Crippen LogP contribution < -0.4 is 5.32 Å². The molecule has 11 heteroatoms. The van der Waals surface area contributed by atoms with E-state index >= 15 is 0 Å². The zero-order valence-electron chi connectivity index (χ0n) is 16.7. The molecule has 3 aromatic rings. The first-order chi connectivity index (χ1) is 14.8. The van der Waals surface area contributed by atoms with Gasteiger partial charge in [0.1, 0.15) is 9.90 Å². The molecule has 1 N–H and O–H groups in total. The molecule has 1 aliphatic heterocycles. The quantitative estimate of drug-likeness (QED) is 0.606. The molecule has 8 nitrogen and oxygen atoms in total. The monoisotopic (exact) mass is 477 g/mol. The first kappa shape index (κ1) is 21.8. The van der Waals surface area contributed by atoms with Gasteiger partial charge < -0.3 is 4.90 Å². The minimum atomic E-state index is -3.81. The molecule has 0 saturated carbocycles. The number of halogens is 1. The van der Waals surface area contributed by atoms with Gasteiger partial charge in [-0.3, -0.25) is 10.1 Å². The Bertz CT molecular complexity index is 1190. The number of likely N-dealkylation sites (N-methyl/N-ethyl adjacent to an activating group) is 1. The summed E-state index contributed by atoms with van der Waals surface area (Å²) in [7, 11) is -1.86. The van der Waals surface area contributed by atoms with Crippen molar-refractivity contribution in [2.75, 3.05) is 38.5 Å². The molecule has 162 valence electrons. The van der Waals surface area contributed by atoms with E-state index in [0.29, 0.717) is 36.3 Å². The number of hydrogen-bond donors (Lipinski definition) is 1. The largest absolute Gasteiger partial charge is 0.304 e. The Morgan fingerprint density at radius 1 is 1.06 bits per heavy atom. The number of sulfonamides is 1. The first-order valence-corrected chi connectivity index (χ1v) is 12.2. The number of amides is 1. The molecule has 0 atom stereocenters. The van der Waals surface area contributed by atoms with Crippen LogP contribution in [0.3, 0.4) is 0 Å². The number of anilines is 1. The van der Waals surface area contributed by atoms with Gasteiger partial charge in [0, 0.05) is 37.3 Å². The van der Waals surface area contributed by atoms with Crippen molar-refractivity contribution in [1.82, 2.24) is 19.4 Å². The van der Waals surface area contributed by atoms with Gasteiger partial charge in [0.25, 0.3) is 5.91 Å². The fraction of sp³-hybridized carbons (Fsp3) is 0.250. The molecule has 1 aliphatic rings. The molecule has 0 unspecified atom stereocenters. The van der Waals surface area contributed by atoms with Gasteiger partial charge >= 0.3 is 0 Å². The van der Waals surface area contributed by atoms with Crippen LogP contribution in [-0.2, 0) is 10.0 Å². The van der Waals surface area contributed by atoms with Gasteiger partial charge in [-0.1, -0.05) is 53.3 Å². The predicted octanol–water partition coefficient (Wildman–Crippen LogP) is 3.05. The van der Waals surface area contributed by atoms with Crippen LogP contribution in [0.1, 0.15) is 10.4 Å². The molecule has 1 amide bonds. The molecule has 4 rings (SSSR count). The van der Waals surface area contributed by atoms with Crippen LogP contribution in [0, 0.1) is 0 Å².